The van der Waals surface area contributed by atoms with Crippen molar-refractivity contribution in [2.75, 3.05) is 0 Å². The van der Waals surface area contributed by atoms with E-state index in [1.54, 1.807) is 23.3 Å². The molecular weight excluding hydrogens is 503 g/mol. The average Bonchev–Trinajstić information content (AvgIpc) is 3.15. The van der Waals surface area contributed by atoms with Gasteiger partial charge in [0.05, 0.1) is 0 Å². The summed E-state index contributed by atoms with van der Waals surface area (Å²) in [6.07, 6.45) is 5.52. The van der Waals surface area contributed by atoms with Gasteiger partial charge in [-0.2, -0.15) is 12.1 Å². The standard InChI is InChI=1S/C16H13.C8H11.C2H6Si.2ClH.Zr/c1-12-10-14-8-5-9-15(16(14)11-12)13-6-3-2-4-7-13;1-6-4-7(2)8(3)5-6;1-3-2;;;/h2-11H,1H3;4,6H,1-3H3;1-2H3;2*1H;/q2*-1;;;;+2/p-2. The van der Waals surface area contributed by atoms with Gasteiger partial charge in [-0.25, -0.2) is 11.1 Å². The molecule has 4 rings (SSSR count). The predicted molar refractivity (Wildman–Crippen MR) is 123 cm³/mol. The van der Waals surface area contributed by atoms with Crippen molar-refractivity contribution in [1.82, 2.24) is 0 Å². The summed E-state index contributed by atoms with van der Waals surface area (Å²) in [7, 11) is 0. The molecule has 0 nitrogen and oxygen atoms in total. The van der Waals surface area contributed by atoms with Gasteiger partial charge >= 0.3 is 41.9 Å². The van der Waals surface area contributed by atoms with E-state index in [9.17, 15) is 0 Å². The van der Waals surface area contributed by atoms with Gasteiger partial charge in [-0.05, 0) is 5.56 Å². The molecule has 0 aliphatic heterocycles. The Hall–Kier alpha value is -0.790. The molecule has 30 heavy (non-hydrogen) atoms. The summed E-state index contributed by atoms with van der Waals surface area (Å²) in [5.41, 5.74) is 6.86. The molecule has 3 aromatic rings. The number of hydrogen-bond acceptors (Lipinski definition) is 0. The maximum atomic E-state index is 3.29. The van der Waals surface area contributed by atoms with Crippen LogP contribution in [0.4, 0.5) is 0 Å². The third-order valence-corrected chi connectivity index (χ3v) is 4.52. The van der Waals surface area contributed by atoms with Crippen LogP contribution < -0.4 is 24.8 Å². The van der Waals surface area contributed by atoms with Crippen molar-refractivity contribution < 1.29 is 48.1 Å². The van der Waals surface area contributed by atoms with E-state index in [1.165, 1.54) is 38.6 Å². The zero-order chi connectivity index (χ0) is 20.7. The van der Waals surface area contributed by atoms with Crippen LogP contribution in [0.25, 0.3) is 21.9 Å². The number of rotatable bonds is 1. The molecule has 0 radical (unpaired) electrons. The summed E-state index contributed by atoms with van der Waals surface area (Å²) in [5, 5.41) is 2.69. The summed E-state index contributed by atoms with van der Waals surface area (Å²) < 4.78 is 0. The number of halogens is 2. The minimum absolute atomic E-state index is 0. The largest absolute Gasteiger partial charge is 1.00 e. The Kier molecular flexibility index (Phi) is 13.9. The fraction of sp³-hybridized carbons (Fsp3) is 0.269. The summed E-state index contributed by atoms with van der Waals surface area (Å²) in [6, 6.07) is 21.6. The summed E-state index contributed by atoms with van der Waals surface area (Å²) >= 11 is 1.74. The predicted octanol–water partition coefficient (Wildman–Crippen LogP) is 1.66. The zero-order valence-corrected chi connectivity index (χ0v) is 23.7. The molecule has 0 saturated heterocycles. The van der Waals surface area contributed by atoms with Crippen molar-refractivity contribution >= 4 is 16.2 Å². The van der Waals surface area contributed by atoms with E-state index < -0.39 is 0 Å². The van der Waals surface area contributed by atoms with E-state index in [0.29, 0.717) is 5.92 Å². The Morgan fingerprint density at radius 3 is 2.00 bits per heavy atom. The molecule has 0 saturated carbocycles. The molecule has 1 unspecified atom stereocenters. The van der Waals surface area contributed by atoms with Gasteiger partial charge in [0.25, 0.3) is 0 Å². The van der Waals surface area contributed by atoms with Crippen LogP contribution >= 0.6 is 0 Å². The molecule has 4 heteroatoms. The van der Waals surface area contributed by atoms with Gasteiger partial charge in [0.2, 0.25) is 0 Å². The molecule has 1 atom stereocenters. The summed E-state index contributed by atoms with van der Waals surface area (Å²) in [4.78, 5) is 0. The molecule has 0 amide bonds. The number of hydrogen-bond donors (Lipinski definition) is 0. The first-order valence-corrected chi connectivity index (χ1v) is 16.0. The Bertz CT molecular complexity index is 978. The van der Waals surface area contributed by atoms with Crippen LogP contribution in [0.5, 0.6) is 0 Å². The van der Waals surface area contributed by atoms with E-state index >= 15 is 0 Å². The van der Waals surface area contributed by atoms with Crippen LogP contribution in [-0.4, -0.2) is 5.43 Å². The van der Waals surface area contributed by atoms with Gasteiger partial charge in [0.15, 0.2) is 0 Å². The van der Waals surface area contributed by atoms with Crippen molar-refractivity contribution in [1.29, 1.82) is 0 Å². The fourth-order valence-electron chi connectivity index (χ4n) is 3.25. The smallest absolute Gasteiger partial charge is 0.0279 e. The maximum absolute atomic E-state index is 3.29. The molecule has 3 aromatic carbocycles. The summed E-state index contributed by atoms with van der Waals surface area (Å²) in [5.74, 6) is 0.551. The minimum Gasteiger partial charge on any atom is -1.00 e. The van der Waals surface area contributed by atoms with Crippen LogP contribution in [0.1, 0.15) is 26.3 Å². The Morgan fingerprint density at radius 2 is 1.53 bits per heavy atom. The molecule has 0 bridgehead atoms. The second kappa shape index (κ2) is 14.3. The first kappa shape index (κ1) is 29.2. The van der Waals surface area contributed by atoms with Crippen LogP contribution in [0, 0.1) is 18.9 Å². The van der Waals surface area contributed by atoms with Crippen LogP contribution in [0.2, 0.25) is 13.1 Å². The topological polar surface area (TPSA) is 0 Å². The number of benzene rings is 2. The molecular formula is C26H30Cl2SiZr-2. The van der Waals surface area contributed by atoms with Crippen molar-refractivity contribution in [3.8, 4) is 11.1 Å². The number of allylic oxidation sites excluding steroid dienone is 4. The van der Waals surface area contributed by atoms with Crippen molar-refractivity contribution in [2.24, 2.45) is 5.92 Å². The normalized spacial score (nSPS) is 14.1. The van der Waals surface area contributed by atoms with Gasteiger partial charge in [-0.3, -0.25) is 6.08 Å². The Morgan fingerprint density at radius 1 is 0.933 bits per heavy atom. The van der Waals surface area contributed by atoms with Crippen LogP contribution in [0.3, 0.4) is 0 Å². The van der Waals surface area contributed by atoms with Gasteiger partial charge < -0.3 is 24.8 Å². The SMILES string of the molecule is CC1=[C-]C(C)C=C1C.C[Si](C)=[Zr+2].Cc1cc2c(-c3ccccc3)cccc2[cH-]1.[Cl-].[Cl-]. The third kappa shape index (κ3) is 9.15. The third-order valence-electron chi connectivity index (χ3n) is 4.52. The molecule has 0 fully saturated rings. The molecule has 0 N–H and O–H groups in total. The Balaban J connectivity index is 0.000000512. The quantitative estimate of drug-likeness (QED) is 0.331. The van der Waals surface area contributed by atoms with E-state index in [0.717, 1.165) is 0 Å². The number of aryl methyl sites for hydroxylation is 1. The van der Waals surface area contributed by atoms with Gasteiger partial charge in [0.1, 0.15) is 0 Å². The molecule has 158 valence electrons. The van der Waals surface area contributed by atoms with E-state index in [-0.39, 0.29) is 30.2 Å². The molecule has 0 aromatic heterocycles. The van der Waals surface area contributed by atoms with E-state index in [4.69, 9.17) is 0 Å². The molecule has 1 aliphatic rings. The van der Waals surface area contributed by atoms with E-state index in [2.05, 4.69) is 114 Å². The van der Waals surface area contributed by atoms with Gasteiger partial charge in [-0.1, -0.05) is 68.7 Å². The minimum atomic E-state index is 0. The second-order valence-corrected chi connectivity index (χ2v) is 17.0. The average molecular weight is 533 g/mol. The van der Waals surface area contributed by atoms with E-state index in [1.807, 2.05) is 0 Å². The molecule has 0 spiro atoms. The van der Waals surface area contributed by atoms with Gasteiger partial charge in [0, 0.05) is 0 Å². The fourth-order valence-corrected chi connectivity index (χ4v) is 3.25. The van der Waals surface area contributed by atoms with Crippen LogP contribution in [-0.2, 0) is 23.3 Å². The first-order chi connectivity index (χ1) is 13.3. The van der Waals surface area contributed by atoms with Crippen LogP contribution in [0.15, 0.2) is 77.9 Å². The van der Waals surface area contributed by atoms with Crippen molar-refractivity contribution in [3.63, 3.8) is 0 Å². The molecule has 0 heterocycles. The monoisotopic (exact) mass is 530 g/mol. The Labute approximate surface area is 210 Å². The van der Waals surface area contributed by atoms with Crippen molar-refractivity contribution in [2.45, 2.75) is 40.8 Å². The molecule has 1 aliphatic carbocycles. The van der Waals surface area contributed by atoms with Crippen molar-refractivity contribution in [3.05, 3.63) is 89.5 Å². The zero-order valence-electron chi connectivity index (χ0n) is 18.7. The summed E-state index contributed by atoms with van der Waals surface area (Å²) in [6.45, 7) is 13.2. The van der Waals surface area contributed by atoms with Gasteiger partial charge in [-0.15, -0.1) is 41.5 Å². The second-order valence-electron chi connectivity index (χ2n) is 7.61. The first-order valence-electron chi connectivity index (χ1n) is 9.80. The number of fused-ring (bicyclic) bond motifs is 1. The maximum Gasteiger partial charge on any atom is -0.0279 e.